The SMILES string of the molecule is CCn1c(C)nc2cc(C(=O)N(CC(=O)O)Cc3cccc(OC)c3)ccc21. The summed E-state index contributed by atoms with van der Waals surface area (Å²) in [6.45, 7) is 4.52. The van der Waals surface area contributed by atoms with Crippen molar-refractivity contribution in [1.29, 1.82) is 0 Å². The van der Waals surface area contributed by atoms with Crippen LogP contribution in [0.15, 0.2) is 42.5 Å². The summed E-state index contributed by atoms with van der Waals surface area (Å²) in [5.41, 5.74) is 2.88. The molecule has 0 saturated heterocycles. The molecule has 0 aliphatic heterocycles. The molecule has 0 aliphatic rings. The van der Waals surface area contributed by atoms with Gasteiger partial charge < -0.3 is 19.3 Å². The number of rotatable bonds is 7. The largest absolute Gasteiger partial charge is 0.497 e. The number of aromatic nitrogens is 2. The molecule has 0 saturated carbocycles. The zero-order chi connectivity index (χ0) is 20.3. The van der Waals surface area contributed by atoms with Crippen LogP contribution < -0.4 is 4.74 Å². The number of nitrogens with zero attached hydrogens (tertiary/aromatic N) is 3. The van der Waals surface area contributed by atoms with Crippen LogP contribution in [0.5, 0.6) is 5.75 Å². The van der Waals surface area contributed by atoms with E-state index in [1.165, 1.54) is 4.90 Å². The van der Waals surface area contributed by atoms with Crippen LogP contribution in [-0.4, -0.2) is 45.1 Å². The number of aryl methyl sites for hydroxylation is 2. The van der Waals surface area contributed by atoms with Gasteiger partial charge in [-0.1, -0.05) is 12.1 Å². The third-order valence-electron chi connectivity index (χ3n) is 4.62. The van der Waals surface area contributed by atoms with Gasteiger partial charge in [-0.2, -0.15) is 0 Å². The lowest BCUT2D eigenvalue weighted by Gasteiger charge is -2.21. The number of hydrogen-bond acceptors (Lipinski definition) is 4. The molecule has 1 aromatic heterocycles. The van der Waals surface area contributed by atoms with Crippen molar-refractivity contribution in [1.82, 2.24) is 14.5 Å². The lowest BCUT2D eigenvalue weighted by atomic mass is 10.1. The number of carboxylic acids is 1. The molecule has 2 aromatic carbocycles. The van der Waals surface area contributed by atoms with Gasteiger partial charge in [-0.05, 0) is 49.7 Å². The molecule has 1 N–H and O–H groups in total. The highest BCUT2D eigenvalue weighted by Crippen LogP contribution is 2.20. The Labute approximate surface area is 163 Å². The first-order valence-electron chi connectivity index (χ1n) is 9.03. The second-order valence-corrected chi connectivity index (χ2v) is 6.51. The van der Waals surface area contributed by atoms with Crippen molar-refractivity contribution >= 4 is 22.9 Å². The second kappa shape index (κ2) is 8.12. The topological polar surface area (TPSA) is 84.7 Å². The van der Waals surface area contributed by atoms with Crippen LogP contribution in [0.4, 0.5) is 0 Å². The molecule has 3 aromatic rings. The average molecular weight is 381 g/mol. The summed E-state index contributed by atoms with van der Waals surface area (Å²) in [7, 11) is 1.56. The fourth-order valence-corrected chi connectivity index (χ4v) is 3.32. The fourth-order valence-electron chi connectivity index (χ4n) is 3.32. The Hall–Kier alpha value is -3.35. The summed E-state index contributed by atoms with van der Waals surface area (Å²) in [6.07, 6.45) is 0. The van der Waals surface area contributed by atoms with E-state index in [4.69, 9.17) is 4.74 Å². The number of amides is 1. The molecule has 0 aliphatic carbocycles. The van der Waals surface area contributed by atoms with E-state index in [0.29, 0.717) is 11.3 Å². The van der Waals surface area contributed by atoms with Gasteiger partial charge in [0.15, 0.2) is 0 Å². The third kappa shape index (κ3) is 3.98. The average Bonchev–Trinajstić information content (AvgIpc) is 3.00. The number of fused-ring (bicyclic) bond motifs is 1. The van der Waals surface area contributed by atoms with Gasteiger partial charge in [-0.3, -0.25) is 9.59 Å². The van der Waals surface area contributed by atoms with Crippen molar-refractivity contribution in [2.24, 2.45) is 0 Å². The minimum Gasteiger partial charge on any atom is -0.497 e. The maximum atomic E-state index is 13.0. The Kier molecular flexibility index (Phi) is 5.63. The highest BCUT2D eigenvalue weighted by atomic mass is 16.5. The smallest absolute Gasteiger partial charge is 0.323 e. The number of ether oxygens (including phenoxy) is 1. The summed E-state index contributed by atoms with van der Waals surface area (Å²) in [4.78, 5) is 30.2. The number of carboxylic acid groups (broad SMARTS) is 1. The molecule has 28 heavy (non-hydrogen) atoms. The number of aliphatic carboxylic acids is 1. The molecule has 0 fully saturated rings. The number of benzene rings is 2. The van der Waals surface area contributed by atoms with Gasteiger partial charge in [0, 0.05) is 18.7 Å². The molecule has 7 heteroatoms. The Bertz CT molecular complexity index is 1030. The minimum absolute atomic E-state index is 0.169. The Morgan fingerprint density at radius 2 is 2.00 bits per heavy atom. The first-order chi connectivity index (χ1) is 13.4. The number of hydrogen-bond donors (Lipinski definition) is 1. The molecule has 0 unspecified atom stereocenters. The standard InChI is InChI=1S/C21H23N3O4/c1-4-24-14(2)22-18-11-16(8-9-19(18)24)21(27)23(13-20(25)26)12-15-6-5-7-17(10-15)28-3/h5-11H,4,12-13H2,1-3H3,(H,25,26). The Morgan fingerprint density at radius 1 is 1.21 bits per heavy atom. The van der Waals surface area contributed by atoms with E-state index in [9.17, 15) is 14.7 Å². The number of methoxy groups -OCH3 is 1. The molecule has 0 spiro atoms. The highest BCUT2D eigenvalue weighted by molar-refractivity contribution is 5.98. The van der Waals surface area contributed by atoms with Crippen LogP contribution in [0.25, 0.3) is 11.0 Å². The summed E-state index contributed by atoms with van der Waals surface area (Å²) in [5.74, 6) is 0.113. The van der Waals surface area contributed by atoms with Crippen molar-refractivity contribution in [2.75, 3.05) is 13.7 Å². The van der Waals surface area contributed by atoms with Gasteiger partial charge in [0.25, 0.3) is 5.91 Å². The minimum atomic E-state index is -1.07. The lowest BCUT2D eigenvalue weighted by molar-refractivity contribution is -0.137. The Morgan fingerprint density at radius 3 is 2.68 bits per heavy atom. The second-order valence-electron chi connectivity index (χ2n) is 6.51. The zero-order valence-electron chi connectivity index (χ0n) is 16.2. The fraction of sp³-hybridized carbons (Fsp3) is 0.286. The van der Waals surface area contributed by atoms with Gasteiger partial charge in [0.2, 0.25) is 0 Å². The molecule has 0 radical (unpaired) electrons. The van der Waals surface area contributed by atoms with Crippen LogP contribution in [-0.2, 0) is 17.9 Å². The van der Waals surface area contributed by atoms with E-state index in [1.54, 1.807) is 31.4 Å². The van der Waals surface area contributed by atoms with Crippen LogP contribution in [0.1, 0.15) is 28.7 Å². The molecular weight excluding hydrogens is 358 g/mol. The number of imidazole rings is 1. The normalized spacial score (nSPS) is 10.8. The first-order valence-corrected chi connectivity index (χ1v) is 9.03. The van der Waals surface area contributed by atoms with E-state index < -0.39 is 12.5 Å². The van der Waals surface area contributed by atoms with Crippen molar-refractivity contribution in [3.8, 4) is 5.75 Å². The number of carbonyl (C=O) groups excluding carboxylic acids is 1. The zero-order valence-corrected chi connectivity index (χ0v) is 16.2. The lowest BCUT2D eigenvalue weighted by Crippen LogP contribution is -2.35. The molecule has 1 heterocycles. The molecular formula is C21H23N3O4. The molecule has 146 valence electrons. The summed E-state index contributed by atoms with van der Waals surface area (Å²) in [5, 5.41) is 9.27. The molecule has 0 bridgehead atoms. The molecule has 1 amide bonds. The van der Waals surface area contributed by atoms with Crippen LogP contribution in [0.3, 0.4) is 0 Å². The quantitative estimate of drug-likeness (QED) is 0.680. The van der Waals surface area contributed by atoms with E-state index in [1.807, 2.05) is 32.0 Å². The van der Waals surface area contributed by atoms with Crippen LogP contribution in [0.2, 0.25) is 0 Å². The van der Waals surface area contributed by atoms with Crippen molar-refractivity contribution in [3.05, 3.63) is 59.4 Å². The van der Waals surface area contributed by atoms with E-state index in [-0.39, 0.29) is 12.5 Å². The van der Waals surface area contributed by atoms with Crippen molar-refractivity contribution in [2.45, 2.75) is 26.9 Å². The number of carbonyl (C=O) groups is 2. The van der Waals surface area contributed by atoms with E-state index >= 15 is 0 Å². The molecule has 7 nitrogen and oxygen atoms in total. The summed E-state index contributed by atoms with van der Waals surface area (Å²) >= 11 is 0. The summed E-state index contributed by atoms with van der Waals surface area (Å²) < 4.78 is 7.27. The maximum absolute atomic E-state index is 13.0. The van der Waals surface area contributed by atoms with Gasteiger partial charge in [0.05, 0.1) is 18.1 Å². The van der Waals surface area contributed by atoms with Gasteiger partial charge in [0.1, 0.15) is 18.1 Å². The van der Waals surface area contributed by atoms with E-state index in [2.05, 4.69) is 9.55 Å². The first kappa shape index (κ1) is 19.4. The predicted octanol–water partition coefficient (Wildman–Crippen LogP) is 3.10. The van der Waals surface area contributed by atoms with Crippen LogP contribution >= 0.6 is 0 Å². The molecule has 3 rings (SSSR count). The van der Waals surface area contributed by atoms with Gasteiger partial charge in [-0.15, -0.1) is 0 Å². The van der Waals surface area contributed by atoms with Crippen molar-refractivity contribution in [3.63, 3.8) is 0 Å². The third-order valence-corrected chi connectivity index (χ3v) is 4.62. The monoisotopic (exact) mass is 381 g/mol. The summed E-state index contributed by atoms with van der Waals surface area (Å²) in [6, 6.07) is 12.5. The maximum Gasteiger partial charge on any atom is 0.323 e. The van der Waals surface area contributed by atoms with E-state index in [0.717, 1.165) is 29.0 Å². The molecule has 0 atom stereocenters. The predicted molar refractivity (Wildman–Crippen MR) is 106 cm³/mol. The van der Waals surface area contributed by atoms with Gasteiger partial charge >= 0.3 is 5.97 Å². The Balaban J connectivity index is 1.92. The van der Waals surface area contributed by atoms with Crippen LogP contribution in [0, 0.1) is 6.92 Å². The van der Waals surface area contributed by atoms with Gasteiger partial charge in [-0.25, -0.2) is 4.98 Å². The van der Waals surface area contributed by atoms with Crippen molar-refractivity contribution < 1.29 is 19.4 Å². The highest BCUT2D eigenvalue weighted by Gasteiger charge is 2.20.